The van der Waals surface area contributed by atoms with E-state index >= 15 is 0 Å². The van der Waals surface area contributed by atoms with E-state index in [1.807, 2.05) is 6.92 Å². The molecule has 0 aliphatic rings. The van der Waals surface area contributed by atoms with E-state index in [-0.39, 0.29) is 5.69 Å². The van der Waals surface area contributed by atoms with Gasteiger partial charge in [0.1, 0.15) is 11.6 Å². The molecular formula is C24H26F2N4O3. The summed E-state index contributed by atoms with van der Waals surface area (Å²) in [5.74, 6) is -3.18. The highest BCUT2D eigenvalue weighted by atomic mass is 19.1. The van der Waals surface area contributed by atoms with Crippen LogP contribution in [0.15, 0.2) is 48.5 Å². The van der Waals surface area contributed by atoms with E-state index in [1.54, 1.807) is 38.1 Å². The Morgan fingerprint density at radius 2 is 1.64 bits per heavy atom. The maximum Gasteiger partial charge on any atom is 0.254 e. The van der Waals surface area contributed by atoms with Crippen LogP contribution in [0.1, 0.15) is 55.0 Å². The van der Waals surface area contributed by atoms with Crippen LogP contribution in [0.3, 0.4) is 0 Å². The molecule has 0 fully saturated rings. The van der Waals surface area contributed by atoms with Crippen LogP contribution in [-0.2, 0) is 20.5 Å². The number of aromatic amines is 1. The Hall–Kier alpha value is -3.59. The molecule has 0 aliphatic heterocycles. The van der Waals surface area contributed by atoms with E-state index in [1.165, 1.54) is 25.1 Å². The van der Waals surface area contributed by atoms with E-state index in [4.69, 9.17) is 5.73 Å². The third kappa shape index (κ3) is 4.78. The number of hydrogen-bond acceptors (Lipinski definition) is 4. The minimum Gasteiger partial charge on any atom is -0.378 e. The van der Waals surface area contributed by atoms with E-state index in [0.717, 1.165) is 11.6 Å². The van der Waals surface area contributed by atoms with Crippen LogP contribution in [0, 0.1) is 18.6 Å². The Balaban J connectivity index is 1.91. The van der Waals surface area contributed by atoms with Gasteiger partial charge in [0.25, 0.3) is 5.91 Å². The summed E-state index contributed by atoms with van der Waals surface area (Å²) in [4.78, 5) is 25.1. The Morgan fingerprint density at radius 1 is 1.06 bits per heavy atom. The number of primary amides is 1. The van der Waals surface area contributed by atoms with E-state index in [0.29, 0.717) is 16.8 Å². The Labute approximate surface area is 190 Å². The zero-order chi connectivity index (χ0) is 24.6. The van der Waals surface area contributed by atoms with Crippen LogP contribution in [0.25, 0.3) is 0 Å². The number of aryl methyl sites for hydroxylation is 1. The highest BCUT2D eigenvalue weighted by molar-refractivity contribution is 5.92. The molecule has 174 valence electrons. The summed E-state index contributed by atoms with van der Waals surface area (Å²) in [6.45, 7) is 6.67. The van der Waals surface area contributed by atoms with Gasteiger partial charge in [-0.3, -0.25) is 14.7 Å². The number of aliphatic hydroxyl groups is 1. The summed E-state index contributed by atoms with van der Waals surface area (Å²) in [6.07, 6.45) is -1.53. The number of carbonyl (C=O) groups excluding carboxylic acids is 2. The number of rotatable bonds is 7. The highest BCUT2D eigenvalue weighted by Crippen LogP contribution is 2.33. The van der Waals surface area contributed by atoms with Crippen molar-refractivity contribution in [2.45, 2.75) is 44.8 Å². The zero-order valence-corrected chi connectivity index (χ0v) is 18.7. The van der Waals surface area contributed by atoms with Gasteiger partial charge in [-0.1, -0.05) is 43.7 Å². The lowest BCUT2D eigenvalue weighted by atomic mass is 9.80. The number of benzene rings is 2. The van der Waals surface area contributed by atoms with Crippen molar-refractivity contribution in [1.82, 2.24) is 15.5 Å². The quantitative estimate of drug-likeness (QED) is 0.437. The lowest BCUT2D eigenvalue weighted by Gasteiger charge is -2.27. The van der Waals surface area contributed by atoms with Crippen LogP contribution >= 0.6 is 0 Å². The molecule has 1 heterocycles. The van der Waals surface area contributed by atoms with Crippen molar-refractivity contribution in [2.75, 3.05) is 0 Å². The van der Waals surface area contributed by atoms with Gasteiger partial charge in [0.2, 0.25) is 5.91 Å². The molecule has 0 saturated heterocycles. The molecular weight excluding hydrogens is 430 g/mol. The first kappa shape index (κ1) is 24.1. The van der Waals surface area contributed by atoms with Gasteiger partial charge < -0.3 is 16.2 Å². The Bertz CT molecular complexity index is 1170. The van der Waals surface area contributed by atoms with Gasteiger partial charge in [-0.05, 0) is 43.2 Å². The van der Waals surface area contributed by atoms with Crippen molar-refractivity contribution in [3.05, 3.63) is 88.2 Å². The molecule has 0 radical (unpaired) electrons. The fraction of sp³-hybridized carbons (Fsp3) is 0.292. The van der Waals surface area contributed by atoms with Crippen molar-refractivity contribution < 1.29 is 23.5 Å². The number of carbonyl (C=O) groups is 2. The van der Waals surface area contributed by atoms with Crippen molar-refractivity contribution >= 4 is 11.8 Å². The van der Waals surface area contributed by atoms with Gasteiger partial charge in [0.15, 0.2) is 11.6 Å². The molecule has 0 aliphatic carbocycles. The van der Waals surface area contributed by atoms with Crippen LogP contribution < -0.4 is 11.1 Å². The molecule has 3 aromatic rings. The normalized spacial score (nSPS) is 14.4. The van der Waals surface area contributed by atoms with Crippen LogP contribution in [-0.4, -0.2) is 27.1 Å². The van der Waals surface area contributed by atoms with E-state index in [2.05, 4.69) is 15.5 Å². The molecule has 7 nitrogen and oxygen atoms in total. The summed E-state index contributed by atoms with van der Waals surface area (Å²) in [7, 11) is 0. The number of halogens is 2. The summed E-state index contributed by atoms with van der Waals surface area (Å²) in [5.41, 5.74) is 5.07. The number of nitrogens with one attached hydrogen (secondary N) is 2. The first-order chi connectivity index (χ1) is 15.3. The largest absolute Gasteiger partial charge is 0.378 e. The topological polar surface area (TPSA) is 121 Å². The maximum atomic E-state index is 13.8. The van der Waals surface area contributed by atoms with Crippen LogP contribution in [0.2, 0.25) is 0 Å². The molecule has 3 rings (SSSR count). The Morgan fingerprint density at radius 3 is 2.18 bits per heavy atom. The molecule has 0 saturated carbocycles. The van der Waals surface area contributed by atoms with Crippen molar-refractivity contribution in [1.29, 1.82) is 0 Å². The standard InChI is InChI=1S/C24H26F2N4O3/c1-13-5-7-14(8-6-13)20(31)21(32)28-24(4,22(27)33)19-12-18(29-30-19)23(2,3)15-9-16(25)11-17(26)10-15/h5-12,20,31H,1-4H3,(H2,27,33)(H,28,32)(H,29,30). The first-order valence-electron chi connectivity index (χ1n) is 10.2. The second kappa shape index (κ2) is 8.74. The number of hydrogen-bond donors (Lipinski definition) is 4. The van der Waals surface area contributed by atoms with Crippen molar-refractivity contribution in [3.8, 4) is 0 Å². The van der Waals surface area contributed by atoms with Gasteiger partial charge in [-0.15, -0.1) is 0 Å². The van der Waals surface area contributed by atoms with Gasteiger partial charge in [-0.2, -0.15) is 5.10 Å². The first-order valence-corrected chi connectivity index (χ1v) is 10.2. The molecule has 2 atom stereocenters. The minimum absolute atomic E-state index is 0.152. The molecule has 33 heavy (non-hydrogen) atoms. The smallest absolute Gasteiger partial charge is 0.254 e. The predicted molar refractivity (Wildman–Crippen MR) is 118 cm³/mol. The van der Waals surface area contributed by atoms with Gasteiger partial charge in [0.05, 0.1) is 11.4 Å². The zero-order valence-electron chi connectivity index (χ0n) is 18.7. The van der Waals surface area contributed by atoms with Gasteiger partial charge in [0, 0.05) is 11.5 Å². The molecule has 0 spiro atoms. The number of nitrogens with zero attached hydrogens (tertiary/aromatic N) is 1. The summed E-state index contributed by atoms with van der Waals surface area (Å²) in [6, 6.07) is 11.4. The number of H-pyrrole nitrogens is 1. The van der Waals surface area contributed by atoms with E-state index < -0.39 is 40.5 Å². The summed E-state index contributed by atoms with van der Waals surface area (Å²) in [5, 5.41) is 19.8. The monoisotopic (exact) mass is 456 g/mol. The molecule has 1 aromatic heterocycles. The average Bonchev–Trinajstić information content (AvgIpc) is 3.24. The van der Waals surface area contributed by atoms with Crippen LogP contribution in [0.5, 0.6) is 0 Å². The van der Waals surface area contributed by atoms with E-state index in [9.17, 15) is 23.5 Å². The fourth-order valence-corrected chi connectivity index (χ4v) is 3.44. The SMILES string of the molecule is Cc1ccc(C(O)C(=O)NC(C)(C(N)=O)c2cc(C(C)(C)c3cc(F)cc(F)c3)n[nH]2)cc1. The number of aliphatic hydroxyl groups excluding tert-OH is 1. The summed E-state index contributed by atoms with van der Waals surface area (Å²) < 4.78 is 27.5. The molecule has 9 heteroatoms. The molecule has 2 amide bonds. The number of amides is 2. The second-order valence-corrected chi connectivity index (χ2v) is 8.74. The van der Waals surface area contributed by atoms with Crippen molar-refractivity contribution in [2.24, 2.45) is 5.73 Å². The highest BCUT2D eigenvalue weighted by Gasteiger charge is 2.40. The molecule has 0 bridgehead atoms. The average molecular weight is 456 g/mol. The second-order valence-electron chi connectivity index (χ2n) is 8.74. The molecule has 2 unspecified atom stereocenters. The lowest BCUT2D eigenvalue weighted by molar-refractivity contribution is -0.136. The molecule has 5 N–H and O–H groups in total. The lowest BCUT2D eigenvalue weighted by Crippen LogP contribution is -2.54. The van der Waals surface area contributed by atoms with Crippen molar-refractivity contribution in [3.63, 3.8) is 0 Å². The minimum atomic E-state index is -1.74. The number of aromatic nitrogens is 2. The Kier molecular flexibility index (Phi) is 6.37. The predicted octanol–water partition coefficient (Wildman–Crippen LogP) is 2.87. The van der Waals surface area contributed by atoms with Gasteiger partial charge in [-0.25, -0.2) is 8.78 Å². The number of nitrogens with two attached hydrogens (primary N) is 1. The van der Waals surface area contributed by atoms with Crippen LogP contribution in [0.4, 0.5) is 8.78 Å². The third-order valence-corrected chi connectivity index (χ3v) is 5.85. The maximum absolute atomic E-state index is 13.8. The summed E-state index contributed by atoms with van der Waals surface area (Å²) >= 11 is 0. The fourth-order valence-electron chi connectivity index (χ4n) is 3.44. The molecule has 2 aromatic carbocycles. The third-order valence-electron chi connectivity index (χ3n) is 5.85. The van der Waals surface area contributed by atoms with Gasteiger partial charge >= 0.3 is 0 Å².